The van der Waals surface area contributed by atoms with Gasteiger partial charge in [-0.3, -0.25) is 0 Å². The Morgan fingerprint density at radius 3 is 2.80 bits per heavy atom. The van der Waals surface area contributed by atoms with Crippen molar-refractivity contribution in [3.05, 3.63) is 41.2 Å². The highest BCUT2D eigenvalue weighted by atomic mass is 19.1. The zero-order valence-corrected chi connectivity index (χ0v) is 8.83. The van der Waals surface area contributed by atoms with Crippen LogP contribution in [0.5, 0.6) is 0 Å². The van der Waals surface area contributed by atoms with Crippen molar-refractivity contribution in [2.24, 2.45) is 0 Å². The van der Waals surface area contributed by atoms with Gasteiger partial charge in [0.1, 0.15) is 5.82 Å². The van der Waals surface area contributed by atoms with Crippen LogP contribution in [-0.2, 0) is 0 Å². The molecule has 0 amide bonds. The van der Waals surface area contributed by atoms with Crippen LogP contribution in [0.3, 0.4) is 0 Å². The van der Waals surface area contributed by atoms with Crippen molar-refractivity contribution in [3.63, 3.8) is 0 Å². The number of halogens is 1. The molecule has 2 heteroatoms. The molecule has 1 atom stereocenters. The van der Waals surface area contributed by atoms with E-state index in [9.17, 15) is 9.50 Å². The Bertz CT molecular complexity index is 396. The molecule has 0 aromatic heterocycles. The zero-order chi connectivity index (χ0) is 10.8. The zero-order valence-electron chi connectivity index (χ0n) is 8.83. The third-order valence-electron chi connectivity index (χ3n) is 2.92. The molecule has 1 aliphatic carbocycles. The van der Waals surface area contributed by atoms with Crippen LogP contribution >= 0.6 is 0 Å². The van der Waals surface area contributed by atoms with Crippen molar-refractivity contribution in [2.45, 2.75) is 32.3 Å². The van der Waals surface area contributed by atoms with E-state index in [2.05, 4.69) is 6.08 Å². The average Bonchev–Trinajstić information content (AvgIpc) is 2.20. The maximum atomic E-state index is 12.9. The third-order valence-corrected chi connectivity index (χ3v) is 2.92. The average molecular weight is 206 g/mol. The maximum Gasteiger partial charge on any atom is 0.123 e. The fourth-order valence-corrected chi connectivity index (χ4v) is 2.05. The van der Waals surface area contributed by atoms with E-state index in [0.717, 1.165) is 24.0 Å². The highest BCUT2D eigenvalue weighted by Crippen LogP contribution is 2.29. The summed E-state index contributed by atoms with van der Waals surface area (Å²) in [5.74, 6) is -0.187. The van der Waals surface area contributed by atoms with Crippen LogP contribution in [0.15, 0.2) is 24.3 Å². The number of aliphatic hydroxyl groups excluding tert-OH is 1. The summed E-state index contributed by atoms with van der Waals surface area (Å²) in [7, 11) is 0. The minimum atomic E-state index is -0.200. The Morgan fingerprint density at radius 1 is 1.40 bits per heavy atom. The van der Waals surface area contributed by atoms with E-state index in [1.165, 1.54) is 11.6 Å². The van der Waals surface area contributed by atoms with E-state index in [-0.39, 0.29) is 11.9 Å². The summed E-state index contributed by atoms with van der Waals surface area (Å²) < 4.78 is 12.9. The summed E-state index contributed by atoms with van der Waals surface area (Å²) in [5, 5.41) is 9.38. The minimum Gasteiger partial charge on any atom is -0.393 e. The SMILES string of the molecule is Cc1cc(F)ccc1C1=CC[C@H](O)CC1. The lowest BCUT2D eigenvalue weighted by molar-refractivity contribution is 0.166. The van der Waals surface area contributed by atoms with Crippen LogP contribution in [0.1, 0.15) is 30.4 Å². The Morgan fingerprint density at radius 2 is 2.20 bits per heavy atom. The van der Waals surface area contributed by atoms with Crippen LogP contribution in [-0.4, -0.2) is 11.2 Å². The summed E-state index contributed by atoms with van der Waals surface area (Å²) in [6, 6.07) is 4.88. The van der Waals surface area contributed by atoms with E-state index >= 15 is 0 Å². The monoisotopic (exact) mass is 206 g/mol. The molecule has 1 aromatic rings. The number of aryl methyl sites for hydroxylation is 1. The largest absolute Gasteiger partial charge is 0.393 e. The van der Waals surface area contributed by atoms with Gasteiger partial charge in [0.2, 0.25) is 0 Å². The smallest absolute Gasteiger partial charge is 0.123 e. The van der Waals surface area contributed by atoms with Gasteiger partial charge in [0.25, 0.3) is 0 Å². The van der Waals surface area contributed by atoms with Crippen molar-refractivity contribution in [1.29, 1.82) is 0 Å². The van der Waals surface area contributed by atoms with Crippen molar-refractivity contribution in [2.75, 3.05) is 0 Å². The molecule has 1 aliphatic rings. The van der Waals surface area contributed by atoms with Crippen LogP contribution in [0.2, 0.25) is 0 Å². The molecule has 1 aromatic carbocycles. The standard InChI is InChI=1S/C13H15FO/c1-9-8-11(14)4-7-13(9)10-2-5-12(15)6-3-10/h2,4,7-8,12,15H,3,5-6H2,1H3/t12-/m0/s1. The van der Waals surface area contributed by atoms with Gasteiger partial charge in [0.15, 0.2) is 0 Å². The summed E-state index contributed by atoms with van der Waals surface area (Å²) in [5.41, 5.74) is 3.32. The topological polar surface area (TPSA) is 20.2 Å². The maximum absolute atomic E-state index is 12.9. The number of aliphatic hydroxyl groups is 1. The van der Waals surface area contributed by atoms with Crippen molar-refractivity contribution < 1.29 is 9.50 Å². The Hall–Kier alpha value is -1.15. The second-order valence-corrected chi connectivity index (χ2v) is 4.12. The number of hydrogen-bond donors (Lipinski definition) is 1. The Kier molecular flexibility index (Phi) is 2.87. The van der Waals surface area contributed by atoms with Gasteiger partial charge in [0.05, 0.1) is 6.10 Å². The molecule has 0 spiro atoms. The first kappa shape index (κ1) is 10.4. The van der Waals surface area contributed by atoms with Crippen LogP contribution < -0.4 is 0 Å². The van der Waals surface area contributed by atoms with Crippen LogP contribution in [0.25, 0.3) is 5.57 Å². The molecule has 0 aliphatic heterocycles. The molecule has 0 saturated carbocycles. The fourth-order valence-electron chi connectivity index (χ4n) is 2.05. The summed E-state index contributed by atoms with van der Waals surface area (Å²) in [4.78, 5) is 0. The van der Waals surface area contributed by atoms with E-state index < -0.39 is 0 Å². The van der Waals surface area contributed by atoms with Gasteiger partial charge < -0.3 is 5.11 Å². The predicted molar refractivity (Wildman–Crippen MR) is 59.0 cm³/mol. The quantitative estimate of drug-likeness (QED) is 0.748. The van der Waals surface area contributed by atoms with Crippen molar-refractivity contribution in [3.8, 4) is 0 Å². The van der Waals surface area contributed by atoms with Gasteiger partial charge in [-0.05, 0) is 55.0 Å². The lowest BCUT2D eigenvalue weighted by atomic mass is 9.90. The van der Waals surface area contributed by atoms with E-state index in [1.807, 2.05) is 13.0 Å². The molecule has 0 bridgehead atoms. The van der Waals surface area contributed by atoms with Gasteiger partial charge in [-0.1, -0.05) is 12.1 Å². The van der Waals surface area contributed by atoms with E-state index in [1.54, 1.807) is 6.07 Å². The molecule has 80 valence electrons. The predicted octanol–water partition coefficient (Wildman–Crippen LogP) is 3.06. The number of benzene rings is 1. The highest BCUT2D eigenvalue weighted by molar-refractivity contribution is 5.68. The molecule has 0 heterocycles. The summed E-state index contributed by atoms with van der Waals surface area (Å²) in [6.45, 7) is 1.92. The second-order valence-electron chi connectivity index (χ2n) is 4.12. The number of allylic oxidation sites excluding steroid dienone is 1. The molecule has 1 N–H and O–H groups in total. The van der Waals surface area contributed by atoms with E-state index in [4.69, 9.17) is 0 Å². The summed E-state index contributed by atoms with van der Waals surface area (Å²) in [6.07, 6.45) is 4.27. The van der Waals surface area contributed by atoms with Gasteiger partial charge in [0, 0.05) is 0 Å². The van der Waals surface area contributed by atoms with Crippen molar-refractivity contribution in [1.82, 2.24) is 0 Å². The third kappa shape index (κ3) is 2.26. The van der Waals surface area contributed by atoms with Gasteiger partial charge in [-0.25, -0.2) is 4.39 Å². The van der Waals surface area contributed by atoms with Gasteiger partial charge in [-0.15, -0.1) is 0 Å². The molecule has 0 saturated heterocycles. The highest BCUT2D eigenvalue weighted by Gasteiger charge is 2.14. The summed E-state index contributed by atoms with van der Waals surface area (Å²) >= 11 is 0. The molecular weight excluding hydrogens is 191 g/mol. The number of hydrogen-bond acceptors (Lipinski definition) is 1. The molecule has 2 rings (SSSR count). The van der Waals surface area contributed by atoms with Crippen LogP contribution in [0.4, 0.5) is 4.39 Å². The lowest BCUT2D eigenvalue weighted by Crippen LogP contribution is -2.10. The first-order valence-electron chi connectivity index (χ1n) is 5.30. The fraction of sp³-hybridized carbons (Fsp3) is 0.385. The minimum absolute atomic E-state index is 0.187. The first-order valence-corrected chi connectivity index (χ1v) is 5.30. The van der Waals surface area contributed by atoms with Gasteiger partial charge >= 0.3 is 0 Å². The molecular formula is C13H15FO. The van der Waals surface area contributed by atoms with Gasteiger partial charge in [-0.2, -0.15) is 0 Å². The Labute approximate surface area is 89.3 Å². The second kappa shape index (κ2) is 4.15. The normalized spacial score (nSPS) is 21.3. The van der Waals surface area contributed by atoms with Crippen LogP contribution in [0, 0.1) is 12.7 Å². The van der Waals surface area contributed by atoms with Crippen molar-refractivity contribution >= 4 is 5.57 Å². The Balaban J connectivity index is 2.30. The molecule has 0 radical (unpaired) electrons. The lowest BCUT2D eigenvalue weighted by Gasteiger charge is -2.19. The molecule has 0 unspecified atom stereocenters. The molecule has 1 nitrogen and oxygen atoms in total. The number of rotatable bonds is 1. The molecule has 0 fully saturated rings. The molecule has 15 heavy (non-hydrogen) atoms. The van der Waals surface area contributed by atoms with E-state index in [0.29, 0.717) is 6.42 Å². The first-order chi connectivity index (χ1) is 7.16.